The summed E-state index contributed by atoms with van der Waals surface area (Å²) < 4.78 is 4.82. The minimum atomic E-state index is -0.242. The van der Waals surface area contributed by atoms with Gasteiger partial charge in [0.2, 0.25) is 0 Å². The topological polar surface area (TPSA) is 46.5 Å². The van der Waals surface area contributed by atoms with Crippen LogP contribution in [-0.2, 0) is 9.53 Å². The van der Waals surface area contributed by atoms with Crippen molar-refractivity contribution in [2.45, 2.75) is 25.7 Å². The Morgan fingerprint density at radius 2 is 2.08 bits per heavy atom. The molecule has 0 aromatic carbocycles. The summed E-state index contributed by atoms with van der Waals surface area (Å²) in [5.41, 5.74) is 0. The van der Waals surface area contributed by atoms with E-state index in [1.807, 2.05) is 0 Å². The van der Waals surface area contributed by atoms with Crippen molar-refractivity contribution in [3.8, 4) is 0 Å². The van der Waals surface area contributed by atoms with Gasteiger partial charge in [-0.15, -0.1) is 11.6 Å². The number of hydrogen-bond donors (Lipinski definition) is 1. The summed E-state index contributed by atoms with van der Waals surface area (Å²) in [6.07, 6.45) is 2.76. The predicted octanol–water partition coefficient (Wildman–Crippen LogP) is 1.32. The average molecular weight is 195 g/mol. The van der Waals surface area contributed by atoms with Gasteiger partial charge in [0.25, 0.3) is 0 Å². The molecule has 0 saturated heterocycles. The first-order chi connectivity index (χ1) is 5.81. The first-order valence-electron chi connectivity index (χ1n) is 4.13. The summed E-state index contributed by atoms with van der Waals surface area (Å²) in [4.78, 5) is 10.7. The zero-order chi connectivity index (χ0) is 9.23. The van der Waals surface area contributed by atoms with E-state index in [9.17, 15) is 4.79 Å². The van der Waals surface area contributed by atoms with E-state index in [0.29, 0.717) is 12.5 Å². The molecule has 3 nitrogen and oxygen atoms in total. The minimum absolute atomic E-state index is 0.204. The number of alkyl halides is 1. The SMILES string of the molecule is O=C(CCCl)OCCCCCO. The number of carbonyl (C=O) groups is 1. The molecule has 0 unspecified atom stereocenters. The highest BCUT2D eigenvalue weighted by Crippen LogP contribution is 1.96. The first kappa shape index (κ1) is 11.7. The number of unbranched alkanes of at least 4 members (excludes halogenated alkanes) is 2. The van der Waals surface area contributed by atoms with Crippen LogP contribution in [-0.4, -0.2) is 30.2 Å². The predicted molar refractivity (Wildman–Crippen MR) is 47.2 cm³/mol. The summed E-state index contributed by atoms with van der Waals surface area (Å²) in [5.74, 6) is 0.0733. The third-order valence-corrected chi connectivity index (χ3v) is 1.55. The van der Waals surface area contributed by atoms with Gasteiger partial charge in [0.05, 0.1) is 13.0 Å². The Kier molecular flexibility index (Phi) is 8.61. The Morgan fingerprint density at radius 3 is 2.67 bits per heavy atom. The summed E-state index contributed by atoms with van der Waals surface area (Å²) in [7, 11) is 0. The molecule has 0 amide bonds. The Morgan fingerprint density at radius 1 is 1.33 bits per heavy atom. The first-order valence-corrected chi connectivity index (χ1v) is 4.67. The number of halogens is 1. The van der Waals surface area contributed by atoms with Gasteiger partial charge >= 0.3 is 5.97 Å². The fourth-order valence-corrected chi connectivity index (χ4v) is 0.880. The summed E-state index contributed by atoms with van der Waals surface area (Å²) in [6.45, 7) is 0.644. The number of ether oxygens (including phenoxy) is 1. The zero-order valence-corrected chi connectivity index (χ0v) is 7.85. The molecule has 1 N–H and O–H groups in total. The van der Waals surface area contributed by atoms with Crippen LogP contribution in [0.1, 0.15) is 25.7 Å². The van der Waals surface area contributed by atoms with E-state index in [0.717, 1.165) is 19.3 Å². The van der Waals surface area contributed by atoms with Gasteiger partial charge in [-0.3, -0.25) is 4.79 Å². The Labute approximate surface area is 77.7 Å². The lowest BCUT2D eigenvalue weighted by atomic mass is 10.2. The standard InChI is InChI=1S/C8H15ClO3/c9-5-4-8(11)12-7-3-1-2-6-10/h10H,1-7H2. The van der Waals surface area contributed by atoms with Crippen molar-refractivity contribution in [3.05, 3.63) is 0 Å². The summed E-state index contributed by atoms with van der Waals surface area (Å²) >= 11 is 5.33. The fourth-order valence-electron chi connectivity index (χ4n) is 0.726. The van der Waals surface area contributed by atoms with Crippen molar-refractivity contribution in [2.75, 3.05) is 19.1 Å². The van der Waals surface area contributed by atoms with Crippen LogP contribution in [0.5, 0.6) is 0 Å². The molecule has 0 fully saturated rings. The van der Waals surface area contributed by atoms with Crippen molar-refractivity contribution >= 4 is 17.6 Å². The molecule has 0 aliphatic rings. The van der Waals surface area contributed by atoms with Gasteiger partial charge in [-0.25, -0.2) is 0 Å². The second-order valence-corrected chi connectivity index (χ2v) is 2.82. The van der Waals surface area contributed by atoms with Crippen LogP contribution < -0.4 is 0 Å². The van der Waals surface area contributed by atoms with Crippen LogP contribution in [0.2, 0.25) is 0 Å². The molecule has 4 heteroatoms. The van der Waals surface area contributed by atoms with E-state index in [2.05, 4.69) is 0 Å². The summed E-state index contributed by atoms with van der Waals surface area (Å²) in [6, 6.07) is 0. The van der Waals surface area contributed by atoms with Gasteiger partial charge in [-0.1, -0.05) is 0 Å². The molecule has 0 aliphatic heterocycles. The lowest BCUT2D eigenvalue weighted by Crippen LogP contribution is -2.06. The second-order valence-electron chi connectivity index (χ2n) is 2.44. The van der Waals surface area contributed by atoms with E-state index in [1.54, 1.807) is 0 Å². The van der Waals surface area contributed by atoms with Crippen LogP contribution in [0.25, 0.3) is 0 Å². The number of aliphatic hydroxyl groups is 1. The molecule has 0 spiro atoms. The molecule has 0 rings (SSSR count). The quantitative estimate of drug-likeness (QED) is 0.378. The van der Waals surface area contributed by atoms with Crippen LogP contribution >= 0.6 is 11.6 Å². The van der Waals surface area contributed by atoms with Gasteiger partial charge < -0.3 is 9.84 Å². The number of hydrogen-bond acceptors (Lipinski definition) is 3. The molecule has 0 aromatic heterocycles. The van der Waals surface area contributed by atoms with Crippen molar-refractivity contribution in [3.63, 3.8) is 0 Å². The molecule has 0 bridgehead atoms. The second kappa shape index (κ2) is 8.81. The van der Waals surface area contributed by atoms with Crippen molar-refractivity contribution in [1.82, 2.24) is 0 Å². The van der Waals surface area contributed by atoms with E-state index in [4.69, 9.17) is 21.4 Å². The molecule has 72 valence electrons. The average Bonchev–Trinajstić information content (AvgIpc) is 2.05. The minimum Gasteiger partial charge on any atom is -0.466 e. The number of esters is 1. The van der Waals surface area contributed by atoms with Gasteiger partial charge in [0.1, 0.15) is 0 Å². The van der Waals surface area contributed by atoms with Crippen LogP contribution in [0.3, 0.4) is 0 Å². The molecule has 12 heavy (non-hydrogen) atoms. The lowest BCUT2D eigenvalue weighted by molar-refractivity contribution is -0.143. The monoisotopic (exact) mass is 194 g/mol. The maximum Gasteiger partial charge on any atom is 0.306 e. The lowest BCUT2D eigenvalue weighted by Gasteiger charge is -2.02. The summed E-state index contributed by atoms with van der Waals surface area (Å²) in [5, 5.41) is 8.43. The number of carbonyl (C=O) groups excluding carboxylic acids is 1. The third-order valence-electron chi connectivity index (χ3n) is 1.36. The molecular weight excluding hydrogens is 180 g/mol. The zero-order valence-electron chi connectivity index (χ0n) is 7.09. The van der Waals surface area contributed by atoms with Crippen LogP contribution in [0, 0.1) is 0 Å². The van der Waals surface area contributed by atoms with Gasteiger partial charge in [0, 0.05) is 12.5 Å². The van der Waals surface area contributed by atoms with Crippen LogP contribution in [0.4, 0.5) is 0 Å². The van der Waals surface area contributed by atoms with Gasteiger partial charge in [-0.2, -0.15) is 0 Å². The van der Waals surface area contributed by atoms with Crippen LogP contribution in [0.15, 0.2) is 0 Å². The number of aliphatic hydroxyl groups excluding tert-OH is 1. The van der Waals surface area contributed by atoms with Crippen molar-refractivity contribution in [1.29, 1.82) is 0 Å². The third kappa shape index (κ3) is 7.82. The Bertz CT molecular complexity index is 117. The number of rotatable bonds is 7. The molecule has 0 atom stereocenters. The maximum absolute atomic E-state index is 10.7. The Hall–Kier alpha value is -0.280. The van der Waals surface area contributed by atoms with E-state index < -0.39 is 0 Å². The van der Waals surface area contributed by atoms with Crippen molar-refractivity contribution < 1.29 is 14.6 Å². The van der Waals surface area contributed by atoms with E-state index in [1.165, 1.54) is 0 Å². The maximum atomic E-state index is 10.7. The highest BCUT2D eigenvalue weighted by atomic mass is 35.5. The normalized spacial score (nSPS) is 9.83. The molecular formula is C8H15ClO3. The molecule has 0 radical (unpaired) electrons. The van der Waals surface area contributed by atoms with E-state index in [-0.39, 0.29) is 19.0 Å². The van der Waals surface area contributed by atoms with Crippen molar-refractivity contribution in [2.24, 2.45) is 0 Å². The molecule has 0 saturated carbocycles. The highest BCUT2D eigenvalue weighted by molar-refractivity contribution is 6.18. The highest BCUT2D eigenvalue weighted by Gasteiger charge is 1.99. The molecule has 0 heterocycles. The van der Waals surface area contributed by atoms with Gasteiger partial charge in [0.15, 0.2) is 0 Å². The van der Waals surface area contributed by atoms with E-state index >= 15 is 0 Å². The fraction of sp³-hybridized carbons (Fsp3) is 0.875. The smallest absolute Gasteiger partial charge is 0.306 e. The molecule has 0 aromatic rings. The Balaban J connectivity index is 3.03. The largest absolute Gasteiger partial charge is 0.466 e. The molecule has 0 aliphatic carbocycles. The van der Waals surface area contributed by atoms with Gasteiger partial charge in [-0.05, 0) is 19.3 Å².